The number of furan rings is 1. The van der Waals surface area contributed by atoms with E-state index in [-0.39, 0.29) is 11.5 Å². The summed E-state index contributed by atoms with van der Waals surface area (Å²) in [6.07, 6.45) is 1.49. The van der Waals surface area contributed by atoms with Crippen LogP contribution in [0.5, 0.6) is 0 Å². The van der Waals surface area contributed by atoms with Gasteiger partial charge in [-0.2, -0.15) is 0 Å². The molecule has 0 aliphatic heterocycles. The minimum Gasteiger partial charge on any atom is -0.468 e. The van der Waals surface area contributed by atoms with Gasteiger partial charge in [-0.15, -0.1) is 11.3 Å². The SMILES string of the molecule is CC(NS(=O)(=O)c1ccsc1CO)c1ccco1. The molecule has 2 heterocycles. The smallest absolute Gasteiger partial charge is 0.242 e. The van der Waals surface area contributed by atoms with Gasteiger partial charge in [-0.3, -0.25) is 0 Å². The molecule has 0 saturated heterocycles. The molecule has 0 aromatic carbocycles. The van der Waals surface area contributed by atoms with Crippen LogP contribution in [0.15, 0.2) is 39.2 Å². The lowest BCUT2D eigenvalue weighted by Crippen LogP contribution is -2.27. The Morgan fingerprint density at radius 2 is 2.28 bits per heavy atom. The largest absolute Gasteiger partial charge is 0.468 e. The normalized spacial score (nSPS) is 13.7. The summed E-state index contributed by atoms with van der Waals surface area (Å²) in [5, 5.41) is 10.7. The van der Waals surface area contributed by atoms with Gasteiger partial charge in [-0.25, -0.2) is 13.1 Å². The first kappa shape index (κ1) is 13.3. The molecule has 0 bridgehead atoms. The minimum atomic E-state index is -3.64. The van der Waals surface area contributed by atoms with Crippen molar-refractivity contribution in [3.05, 3.63) is 40.5 Å². The molecule has 1 atom stereocenters. The van der Waals surface area contributed by atoms with E-state index in [1.807, 2.05) is 0 Å². The van der Waals surface area contributed by atoms with E-state index in [9.17, 15) is 8.42 Å². The van der Waals surface area contributed by atoms with Crippen LogP contribution in [0.4, 0.5) is 0 Å². The Bertz CT molecular complexity index is 601. The van der Waals surface area contributed by atoms with Gasteiger partial charge < -0.3 is 9.52 Å². The Morgan fingerprint density at radius 3 is 2.89 bits per heavy atom. The van der Waals surface area contributed by atoms with Crippen molar-refractivity contribution in [1.29, 1.82) is 0 Å². The molecule has 7 heteroatoms. The van der Waals surface area contributed by atoms with E-state index >= 15 is 0 Å². The van der Waals surface area contributed by atoms with Crippen molar-refractivity contribution in [3.8, 4) is 0 Å². The summed E-state index contributed by atoms with van der Waals surface area (Å²) in [6.45, 7) is 1.41. The zero-order valence-electron chi connectivity index (χ0n) is 9.66. The molecular formula is C11H13NO4S2. The van der Waals surface area contributed by atoms with Crippen LogP contribution < -0.4 is 4.72 Å². The number of nitrogens with one attached hydrogen (secondary N) is 1. The average molecular weight is 287 g/mol. The van der Waals surface area contributed by atoms with Gasteiger partial charge in [0.25, 0.3) is 0 Å². The maximum atomic E-state index is 12.1. The standard InChI is InChI=1S/C11H13NO4S2/c1-8(9-3-2-5-16-9)12-18(14,15)11-4-6-17-10(11)7-13/h2-6,8,12-13H,7H2,1H3. The molecule has 0 fully saturated rings. The Hall–Kier alpha value is -1.15. The summed E-state index contributed by atoms with van der Waals surface area (Å²) < 4.78 is 31.9. The molecule has 2 aromatic rings. The molecule has 0 aliphatic rings. The number of hydrogen-bond donors (Lipinski definition) is 2. The lowest BCUT2D eigenvalue weighted by molar-refractivity contribution is 0.282. The van der Waals surface area contributed by atoms with Gasteiger partial charge in [0.2, 0.25) is 10.0 Å². The van der Waals surface area contributed by atoms with Crippen LogP contribution in [0, 0.1) is 0 Å². The predicted octanol–water partition coefficient (Wildman–Crippen LogP) is 1.87. The van der Waals surface area contributed by atoms with Gasteiger partial charge in [0.15, 0.2) is 0 Å². The predicted molar refractivity (Wildman–Crippen MR) is 67.7 cm³/mol. The lowest BCUT2D eigenvalue weighted by Gasteiger charge is -2.12. The highest BCUT2D eigenvalue weighted by Crippen LogP contribution is 2.24. The molecule has 1 unspecified atom stereocenters. The molecule has 0 aliphatic carbocycles. The van der Waals surface area contributed by atoms with Crippen LogP contribution in [0.25, 0.3) is 0 Å². The summed E-state index contributed by atoms with van der Waals surface area (Å²) >= 11 is 1.21. The number of sulfonamides is 1. The van der Waals surface area contributed by atoms with E-state index in [1.54, 1.807) is 24.4 Å². The van der Waals surface area contributed by atoms with Crippen molar-refractivity contribution < 1.29 is 17.9 Å². The second-order valence-electron chi connectivity index (χ2n) is 3.72. The van der Waals surface area contributed by atoms with Crippen LogP contribution in [0.3, 0.4) is 0 Å². The average Bonchev–Trinajstić information content (AvgIpc) is 2.99. The summed E-state index contributed by atoms with van der Waals surface area (Å²) in [5.74, 6) is 0.541. The highest BCUT2D eigenvalue weighted by molar-refractivity contribution is 7.89. The van der Waals surface area contributed by atoms with E-state index in [0.717, 1.165) is 0 Å². The number of aliphatic hydroxyl groups is 1. The Morgan fingerprint density at radius 1 is 1.50 bits per heavy atom. The molecule has 2 rings (SSSR count). The van der Waals surface area contributed by atoms with Crippen molar-refractivity contribution in [3.63, 3.8) is 0 Å². The van der Waals surface area contributed by atoms with Crippen molar-refractivity contribution in [1.82, 2.24) is 4.72 Å². The van der Waals surface area contributed by atoms with Crippen LogP contribution in [0.2, 0.25) is 0 Å². The first-order valence-electron chi connectivity index (χ1n) is 5.27. The minimum absolute atomic E-state index is 0.119. The molecule has 2 N–H and O–H groups in total. The number of hydrogen-bond acceptors (Lipinski definition) is 5. The van der Waals surface area contributed by atoms with Crippen molar-refractivity contribution in [2.45, 2.75) is 24.5 Å². The van der Waals surface area contributed by atoms with Gasteiger partial charge in [-0.1, -0.05) is 0 Å². The van der Waals surface area contributed by atoms with E-state index in [2.05, 4.69) is 4.72 Å². The molecule has 0 amide bonds. The maximum Gasteiger partial charge on any atom is 0.242 e. The van der Waals surface area contributed by atoms with Gasteiger partial charge >= 0.3 is 0 Å². The summed E-state index contributed by atoms with van der Waals surface area (Å²) in [5.41, 5.74) is 0. The van der Waals surface area contributed by atoms with E-state index in [1.165, 1.54) is 23.7 Å². The topological polar surface area (TPSA) is 79.5 Å². The highest BCUT2D eigenvalue weighted by Gasteiger charge is 2.23. The van der Waals surface area contributed by atoms with Gasteiger partial charge in [0.1, 0.15) is 5.76 Å². The van der Waals surface area contributed by atoms with Crippen molar-refractivity contribution >= 4 is 21.4 Å². The van der Waals surface area contributed by atoms with E-state index in [0.29, 0.717) is 10.6 Å². The first-order valence-corrected chi connectivity index (χ1v) is 7.64. The van der Waals surface area contributed by atoms with E-state index < -0.39 is 16.1 Å². The van der Waals surface area contributed by atoms with Gasteiger partial charge in [0, 0.05) is 4.88 Å². The number of thiophene rings is 1. The number of rotatable bonds is 5. The molecule has 0 saturated carbocycles. The Kier molecular flexibility index (Phi) is 3.86. The second kappa shape index (κ2) is 5.23. The van der Waals surface area contributed by atoms with Crippen LogP contribution in [0.1, 0.15) is 23.6 Å². The quantitative estimate of drug-likeness (QED) is 0.880. The lowest BCUT2D eigenvalue weighted by atomic mass is 10.3. The Balaban J connectivity index is 2.23. The van der Waals surface area contributed by atoms with Crippen LogP contribution >= 0.6 is 11.3 Å². The van der Waals surface area contributed by atoms with Crippen LogP contribution in [-0.4, -0.2) is 13.5 Å². The second-order valence-corrected chi connectivity index (χ2v) is 6.41. The third-order valence-corrected chi connectivity index (χ3v) is 5.10. The third kappa shape index (κ3) is 2.64. The number of aliphatic hydroxyl groups excluding tert-OH is 1. The fraction of sp³-hybridized carbons (Fsp3) is 0.273. The van der Waals surface area contributed by atoms with Crippen LogP contribution in [-0.2, 0) is 16.6 Å². The molecular weight excluding hydrogens is 274 g/mol. The molecule has 0 spiro atoms. The summed E-state index contributed by atoms with van der Waals surface area (Å²) in [7, 11) is -3.64. The molecule has 2 aromatic heterocycles. The fourth-order valence-corrected chi connectivity index (χ4v) is 4.08. The summed E-state index contributed by atoms with van der Waals surface area (Å²) in [4.78, 5) is 0.544. The first-order chi connectivity index (χ1) is 8.54. The fourth-order valence-electron chi connectivity index (χ4n) is 1.58. The van der Waals surface area contributed by atoms with Crippen molar-refractivity contribution in [2.75, 3.05) is 0 Å². The molecule has 18 heavy (non-hydrogen) atoms. The Labute approximate surface area is 109 Å². The van der Waals surface area contributed by atoms with Crippen molar-refractivity contribution in [2.24, 2.45) is 0 Å². The highest BCUT2D eigenvalue weighted by atomic mass is 32.2. The van der Waals surface area contributed by atoms with E-state index in [4.69, 9.17) is 9.52 Å². The summed E-state index contributed by atoms with van der Waals surface area (Å²) in [6, 6.07) is 4.42. The molecule has 5 nitrogen and oxygen atoms in total. The molecule has 98 valence electrons. The third-order valence-electron chi connectivity index (χ3n) is 2.44. The monoisotopic (exact) mass is 287 g/mol. The maximum absolute atomic E-state index is 12.1. The zero-order chi connectivity index (χ0) is 13.2. The zero-order valence-corrected chi connectivity index (χ0v) is 11.3. The molecule has 0 radical (unpaired) electrons. The van der Waals surface area contributed by atoms with Gasteiger partial charge in [0.05, 0.1) is 23.8 Å². The van der Waals surface area contributed by atoms with Gasteiger partial charge in [-0.05, 0) is 30.5 Å².